The Labute approximate surface area is 150 Å². The van der Waals surface area contributed by atoms with E-state index in [1.54, 1.807) is 42.5 Å². The molecule has 2 aromatic rings. The van der Waals surface area contributed by atoms with Crippen LogP contribution in [-0.2, 0) is 4.74 Å². The number of hydrogen-bond donors (Lipinski definition) is 5. The molecule has 0 aliphatic carbocycles. The van der Waals surface area contributed by atoms with Crippen molar-refractivity contribution in [2.24, 2.45) is 0 Å². The quantitative estimate of drug-likeness (QED) is 0.518. The third-order valence-electron chi connectivity index (χ3n) is 3.98. The first kappa shape index (κ1) is 18.2. The number of hydrogen-bond acceptors (Lipinski definition) is 7. The van der Waals surface area contributed by atoms with Gasteiger partial charge in [-0.25, -0.2) is 0 Å². The molecule has 4 atom stereocenters. The Morgan fingerprint density at radius 2 is 1.54 bits per heavy atom. The van der Waals surface area contributed by atoms with Gasteiger partial charge in [-0.05, 0) is 35.4 Å². The zero-order valence-electron chi connectivity index (χ0n) is 13.8. The predicted molar refractivity (Wildman–Crippen MR) is 93.5 cm³/mol. The molecule has 0 spiro atoms. The van der Waals surface area contributed by atoms with E-state index in [1.807, 2.05) is 0 Å². The Hall–Kier alpha value is -2.58. The molecule has 0 bridgehead atoms. The van der Waals surface area contributed by atoms with Gasteiger partial charge in [0.05, 0.1) is 6.61 Å². The third kappa shape index (κ3) is 4.33. The molecule has 0 saturated carbocycles. The lowest BCUT2D eigenvalue weighted by atomic mass is 10.1. The molecule has 26 heavy (non-hydrogen) atoms. The molecule has 1 aliphatic heterocycles. The molecule has 7 heteroatoms. The maximum atomic E-state index is 9.93. The van der Waals surface area contributed by atoms with Crippen LogP contribution >= 0.6 is 0 Å². The van der Waals surface area contributed by atoms with Crippen LogP contribution in [0.25, 0.3) is 12.2 Å². The summed E-state index contributed by atoms with van der Waals surface area (Å²) in [5.41, 5.74) is 1.50. The van der Waals surface area contributed by atoms with Crippen LogP contribution in [0.15, 0.2) is 42.5 Å². The van der Waals surface area contributed by atoms with E-state index in [0.29, 0.717) is 5.56 Å². The van der Waals surface area contributed by atoms with Gasteiger partial charge in [-0.3, -0.25) is 0 Å². The maximum absolute atomic E-state index is 9.93. The van der Waals surface area contributed by atoms with Gasteiger partial charge in [-0.1, -0.05) is 24.3 Å². The van der Waals surface area contributed by atoms with Crippen molar-refractivity contribution in [1.29, 1.82) is 0 Å². The van der Waals surface area contributed by atoms with E-state index >= 15 is 0 Å². The normalized spacial score (nSPS) is 26.1. The molecule has 1 aliphatic rings. The predicted octanol–water partition coefficient (Wildman–Crippen LogP) is 1.09. The van der Waals surface area contributed by atoms with E-state index in [4.69, 9.17) is 9.47 Å². The number of aromatic hydroxyl groups is 2. The molecule has 0 aromatic heterocycles. The molecule has 2 aromatic carbocycles. The second-order valence-corrected chi connectivity index (χ2v) is 6.05. The molecule has 7 nitrogen and oxygen atoms in total. The van der Waals surface area contributed by atoms with Crippen LogP contribution in [0.2, 0.25) is 0 Å². The van der Waals surface area contributed by atoms with Crippen LogP contribution in [-0.4, -0.2) is 56.7 Å². The summed E-state index contributed by atoms with van der Waals surface area (Å²) in [7, 11) is 0. The van der Waals surface area contributed by atoms with Crippen molar-refractivity contribution in [3.8, 4) is 17.2 Å². The molecule has 1 heterocycles. The van der Waals surface area contributed by atoms with E-state index in [-0.39, 0.29) is 23.9 Å². The Kier molecular flexibility index (Phi) is 5.43. The molecule has 1 saturated heterocycles. The van der Waals surface area contributed by atoms with Gasteiger partial charge in [0.1, 0.15) is 35.6 Å². The second-order valence-electron chi connectivity index (χ2n) is 6.05. The van der Waals surface area contributed by atoms with Gasteiger partial charge in [-0.2, -0.15) is 0 Å². The Balaban J connectivity index is 1.74. The van der Waals surface area contributed by atoms with Crippen LogP contribution in [0.3, 0.4) is 0 Å². The zero-order valence-corrected chi connectivity index (χ0v) is 13.8. The highest BCUT2D eigenvalue weighted by molar-refractivity contribution is 5.71. The first-order valence-corrected chi connectivity index (χ1v) is 8.06. The minimum atomic E-state index is -1.42. The monoisotopic (exact) mass is 360 g/mol. The minimum absolute atomic E-state index is 0.0428. The molecular weight excluding hydrogens is 340 g/mol. The number of phenolic OH excluding ortho intramolecular Hbond substituents is 2. The summed E-state index contributed by atoms with van der Waals surface area (Å²) in [4.78, 5) is 0. The number of phenols is 2. The lowest BCUT2D eigenvalue weighted by molar-refractivity contribution is -0.242. The summed E-state index contributed by atoms with van der Waals surface area (Å²) in [6, 6.07) is 11.1. The fourth-order valence-corrected chi connectivity index (χ4v) is 2.56. The molecular formula is C19H20O7. The van der Waals surface area contributed by atoms with Gasteiger partial charge in [0, 0.05) is 6.07 Å². The van der Waals surface area contributed by atoms with Crippen LogP contribution < -0.4 is 4.74 Å². The number of rotatable bonds is 4. The van der Waals surface area contributed by atoms with Crippen molar-refractivity contribution >= 4 is 12.2 Å². The van der Waals surface area contributed by atoms with Gasteiger partial charge in [0.25, 0.3) is 0 Å². The highest BCUT2D eigenvalue weighted by Gasteiger charge is 2.39. The topological polar surface area (TPSA) is 120 Å². The third-order valence-corrected chi connectivity index (χ3v) is 3.98. The minimum Gasteiger partial charge on any atom is -0.508 e. The number of ether oxygens (including phenoxy) is 2. The Morgan fingerprint density at radius 3 is 2.27 bits per heavy atom. The molecule has 1 fully saturated rings. The van der Waals surface area contributed by atoms with Crippen molar-refractivity contribution in [1.82, 2.24) is 0 Å². The first-order valence-electron chi connectivity index (χ1n) is 8.06. The zero-order chi connectivity index (χ0) is 18.7. The van der Waals surface area contributed by atoms with E-state index in [0.717, 1.165) is 5.56 Å². The summed E-state index contributed by atoms with van der Waals surface area (Å²) in [6.45, 7) is -0.171. The SMILES string of the molecule is Oc1ccc(C=Cc2cc(O)cc(OC3OC[C@@H](O)[C@H](O)[C@H]3O)c2)cc1. The second kappa shape index (κ2) is 7.76. The first-order chi connectivity index (χ1) is 12.4. The number of aliphatic hydroxyl groups is 3. The van der Waals surface area contributed by atoms with Crippen molar-refractivity contribution in [3.05, 3.63) is 53.6 Å². The van der Waals surface area contributed by atoms with Gasteiger partial charge in [-0.15, -0.1) is 0 Å². The van der Waals surface area contributed by atoms with E-state index in [9.17, 15) is 25.5 Å². The largest absolute Gasteiger partial charge is 0.508 e. The fraction of sp³-hybridized carbons (Fsp3) is 0.263. The summed E-state index contributed by atoms with van der Waals surface area (Å²) < 4.78 is 10.7. The maximum Gasteiger partial charge on any atom is 0.228 e. The van der Waals surface area contributed by atoms with Gasteiger partial charge >= 0.3 is 0 Å². The van der Waals surface area contributed by atoms with Crippen molar-refractivity contribution < 1.29 is 35.0 Å². The summed E-state index contributed by atoms with van der Waals surface area (Å²) in [6.07, 6.45) is -1.60. The van der Waals surface area contributed by atoms with Gasteiger partial charge in [0.2, 0.25) is 6.29 Å². The molecule has 0 amide bonds. The Morgan fingerprint density at radius 1 is 0.846 bits per heavy atom. The van der Waals surface area contributed by atoms with Crippen molar-refractivity contribution in [3.63, 3.8) is 0 Å². The highest BCUT2D eigenvalue weighted by Crippen LogP contribution is 2.27. The van der Waals surface area contributed by atoms with Crippen LogP contribution in [0.5, 0.6) is 17.2 Å². The average molecular weight is 360 g/mol. The van der Waals surface area contributed by atoms with E-state index in [1.165, 1.54) is 12.1 Å². The lowest BCUT2D eigenvalue weighted by Gasteiger charge is -2.34. The molecule has 5 N–H and O–H groups in total. The molecule has 3 rings (SSSR count). The standard InChI is InChI=1S/C19H20O7/c20-13-5-3-11(4-6-13)1-2-12-7-14(21)9-15(8-12)26-19-18(24)17(23)16(22)10-25-19/h1-9,16-24H,10H2/t16-,17+,18-,19?/m1/s1. The average Bonchev–Trinajstić information content (AvgIpc) is 2.61. The summed E-state index contributed by atoms with van der Waals surface area (Å²) in [5.74, 6) is 0.371. The molecule has 1 unspecified atom stereocenters. The fourth-order valence-electron chi connectivity index (χ4n) is 2.56. The summed E-state index contributed by atoms with van der Waals surface area (Å²) >= 11 is 0. The van der Waals surface area contributed by atoms with Crippen molar-refractivity contribution in [2.45, 2.75) is 24.6 Å². The number of aliphatic hydroxyl groups excluding tert-OH is 3. The van der Waals surface area contributed by atoms with Crippen LogP contribution in [0, 0.1) is 0 Å². The lowest BCUT2D eigenvalue weighted by Crippen LogP contribution is -2.54. The van der Waals surface area contributed by atoms with Crippen LogP contribution in [0.4, 0.5) is 0 Å². The number of benzene rings is 2. The summed E-state index contributed by atoms with van der Waals surface area (Å²) in [5, 5.41) is 48.2. The van der Waals surface area contributed by atoms with E-state index < -0.39 is 24.6 Å². The Bertz CT molecular complexity index is 772. The van der Waals surface area contributed by atoms with E-state index in [2.05, 4.69) is 0 Å². The van der Waals surface area contributed by atoms with Gasteiger partial charge < -0.3 is 35.0 Å². The highest BCUT2D eigenvalue weighted by atomic mass is 16.7. The van der Waals surface area contributed by atoms with Crippen molar-refractivity contribution in [2.75, 3.05) is 6.61 Å². The van der Waals surface area contributed by atoms with Gasteiger partial charge in [0.15, 0.2) is 0 Å². The smallest absolute Gasteiger partial charge is 0.228 e. The van der Waals surface area contributed by atoms with Crippen LogP contribution in [0.1, 0.15) is 11.1 Å². The molecule has 138 valence electrons. The molecule has 0 radical (unpaired) electrons.